The molecule has 0 aliphatic heterocycles. The van der Waals surface area contributed by atoms with Crippen molar-refractivity contribution in [2.45, 2.75) is 52.1 Å². The molecule has 3 heteroatoms. The summed E-state index contributed by atoms with van der Waals surface area (Å²) in [5.74, 6) is 0.686. The first-order valence-electron chi connectivity index (χ1n) is 8.72. The minimum atomic E-state index is -0.211. The summed E-state index contributed by atoms with van der Waals surface area (Å²) in [7, 11) is 0. The second-order valence-corrected chi connectivity index (χ2v) is 7.42. The highest BCUT2D eigenvalue weighted by atomic mass is 16.5. The van der Waals surface area contributed by atoms with Crippen LogP contribution in [0.15, 0.2) is 30.3 Å². The van der Waals surface area contributed by atoms with E-state index in [0.29, 0.717) is 17.4 Å². The number of hydrogen-bond acceptors (Lipinski definition) is 3. The highest BCUT2D eigenvalue weighted by Crippen LogP contribution is 2.58. The molecule has 2 unspecified atom stereocenters. The van der Waals surface area contributed by atoms with Crippen LogP contribution >= 0.6 is 0 Å². The van der Waals surface area contributed by atoms with Crippen molar-refractivity contribution in [3.63, 3.8) is 0 Å². The van der Waals surface area contributed by atoms with Gasteiger partial charge in [-0.1, -0.05) is 25.1 Å². The van der Waals surface area contributed by atoms with Crippen molar-refractivity contribution < 1.29 is 9.53 Å². The SMILES string of the molecule is C[C@H](C#N)C1CCC2[C@@H](OC(=O)c3ccccc3)CCC[C@]12C. The third-order valence-electron chi connectivity index (χ3n) is 6.21. The van der Waals surface area contributed by atoms with Crippen LogP contribution in [0.2, 0.25) is 0 Å². The molecule has 2 aliphatic carbocycles. The fraction of sp³-hybridized carbons (Fsp3) is 0.600. The maximum Gasteiger partial charge on any atom is 0.338 e. The molecule has 0 radical (unpaired) electrons. The van der Waals surface area contributed by atoms with E-state index in [1.54, 1.807) is 12.1 Å². The van der Waals surface area contributed by atoms with Gasteiger partial charge in [-0.3, -0.25) is 0 Å². The fourth-order valence-electron chi connectivity index (χ4n) is 4.99. The van der Waals surface area contributed by atoms with Crippen LogP contribution in [-0.2, 0) is 4.74 Å². The van der Waals surface area contributed by atoms with Crippen molar-refractivity contribution >= 4 is 5.97 Å². The third-order valence-corrected chi connectivity index (χ3v) is 6.21. The Morgan fingerprint density at radius 1 is 1.30 bits per heavy atom. The van der Waals surface area contributed by atoms with E-state index in [1.165, 1.54) is 0 Å². The smallest absolute Gasteiger partial charge is 0.338 e. The molecule has 2 saturated carbocycles. The predicted octanol–water partition coefficient (Wildman–Crippen LogP) is 4.59. The van der Waals surface area contributed by atoms with Crippen molar-refractivity contribution in [3.05, 3.63) is 35.9 Å². The molecule has 3 rings (SSSR count). The average molecular weight is 311 g/mol. The Kier molecular flexibility index (Phi) is 4.43. The van der Waals surface area contributed by atoms with E-state index in [-0.39, 0.29) is 23.4 Å². The maximum absolute atomic E-state index is 12.4. The predicted molar refractivity (Wildman–Crippen MR) is 88.6 cm³/mol. The zero-order valence-corrected chi connectivity index (χ0v) is 14.0. The van der Waals surface area contributed by atoms with Crippen molar-refractivity contribution in [1.29, 1.82) is 5.26 Å². The van der Waals surface area contributed by atoms with Crippen molar-refractivity contribution in [2.24, 2.45) is 23.2 Å². The molecule has 0 N–H and O–H groups in total. The van der Waals surface area contributed by atoms with Gasteiger partial charge < -0.3 is 4.74 Å². The minimum Gasteiger partial charge on any atom is -0.458 e. The van der Waals surface area contributed by atoms with E-state index in [0.717, 1.165) is 32.1 Å². The van der Waals surface area contributed by atoms with Crippen LogP contribution in [0.1, 0.15) is 56.3 Å². The van der Waals surface area contributed by atoms with Gasteiger partial charge in [0.15, 0.2) is 0 Å². The molecule has 0 aromatic heterocycles. The van der Waals surface area contributed by atoms with Crippen molar-refractivity contribution in [2.75, 3.05) is 0 Å². The highest BCUT2D eigenvalue weighted by Gasteiger charge is 2.53. The Hall–Kier alpha value is -1.82. The number of rotatable bonds is 3. The lowest BCUT2D eigenvalue weighted by Crippen LogP contribution is -2.43. The molecule has 2 fully saturated rings. The second kappa shape index (κ2) is 6.35. The first-order chi connectivity index (χ1) is 11.1. The molecule has 0 saturated heterocycles. The zero-order valence-electron chi connectivity index (χ0n) is 14.0. The maximum atomic E-state index is 12.4. The number of ether oxygens (including phenoxy) is 1. The Bertz CT molecular complexity index is 606. The number of nitriles is 1. The van der Waals surface area contributed by atoms with E-state index < -0.39 is 0 Å². The van der Waals surface area contributed by atoms with Crippen molar-refractivity contribution in [3.8, 4) is 6.07 Å². The number of carbonyl (C=O) groups is 1. The monoisotopic (exact) mass is 311 g/mol. The number of benzene rings is 1. The topological polar surface area (TPSA) is 50.1 Å². The summed E-state index contributed by atoms with van der Waals surface area (Å²) in [6.45, 7) is 4.35. The van der Waals surface area contributed by atoms with E-state index in [9.17, 15) is 10.1 Å². The summed E-state index contributed by atoms with van der Waals surface area (Å²) in [6, 6.07) is 11.7. The fourth-order valence-corrected chi connectivity index (χ4v) is 4.99. The lowest BCUT2D eigenvalue weighted by molar-refractivity contribution is -0.0441. The number of fused-ring (bicyclic) bond motifs is 1. The van der Waals surface area contributed by atoms with Crippen LogP contribution < -0.4 is 0 Å². The van der Waals surface area contributed by atoms with Gasteiger partial charge in [0.1, 0.15) is 6.10 Å². The van der Waals surface area contributed by atoms with E-state index >= 15 is 0 Å². The standard InChI is InChI=1S/C20H25NO2/c1-14(13-21)16-10-11-17-18(9-6-12-20(16,17)2)23-19(22)15-7-4-3-5-8-15/h3-5,7-8,14,16-18H,6,9-12H2,1-2H3/t14-,16?,17?,18+,20-/m1/s1. The lowest BCUT2D eigenvalue weighted by atomic mass is 9.62. The van der Waals surface area contributed by atoms with Crippen molar-refractivity contribution in [1.82, 2.24) is 0 Å². The molecule has 0 bridgehead atoms. The Morgan fingerprint density at radius 3 is 2.74 bits per heavy atom. The average Bonchev–Trinajstić information content (AvgIpc) is 2.93. The van der Waals surface area contributed by atoms with Crippen LogP contribution in [-0.4, -0.2) is 12.1 Å². The molecule has 3 nitrogen and oxygen atoms in total. The number of esters is 1. The molecule has 2 aliphatic rings. The molecule has 23 heavy (non-hydrogen) atoms. The van der Waals surface area contributed by atoms with E-state index in [1.807, 2.05) is 25.1 Å². The van der Waals surface area contributed by atoms with Crippen LogP contribution in [0, 0.1) is 34.5 Å². The summed E-state index contributed by atoms with van der Waals surface area (Å²) in [4.78, 5) is 12.4. The molecule has 0 amide bonds. The molecule has 1 aromatic carbocycles. The summed E-state index contributed by atoms with van der Waals surface area (Å²) in [6.07, 6.45) is 5.32. The zero-order chi connectivity index (χ0) is 16.4. The van der Waals surface area contributed by atoms with Gasteiger partial charge in [-0.2, -0.15) is 5.26 Å². The Balaban J connectivity index is 1.75. The third kappa shape index (κ3) is 2.87. The lowest BCUT2D eigenvalue weighted by Gasteiger charge is -2.45. The largest absolute Gasteiger partial charge is 0.458 e. The van der Waals surface area contributed by atoms with Crippen LogP contribution in [0.3, 0.4) is 0 Å². The number of hydrogen-bond donors (Lipinski definition) is 0. The van der Waals surface area contributed by atoms with Gasteiger partial charge in [0.25, 0.3) is 0 Å². The Labute approximate surface area is 138 Å². The van der Waals surface area contributed by atoms with Gasteiger partial charge in [-0.15, -0.1) is 0 Å². The summed E-state index contributed by atoms with van der Waals surface area (Å²) >= 11 is 0. The molecule has 1 aromatic rings. The highest BCUT2D eigenvalue weighted by molar-refractivity contribution is 5.89. The van der Waals surface area contributed by atoms with Crippen LogP contribution in [0.5, 0.6) is 0 Å². The summed E-state index contributed by atoms with van der Waals surface area (Å²) in [5.41, 5.74) is 0.759. The van der Waals surface area contributed by atoms with Crippen LogP contribution in [0.25, 0.3) is 0 Å². The number of nitrogens with zero attached hydrogens (tertiary/aromatic N) is 1. The quantitative estimate of drug-likeness (QED) is 0.767. The van der Waals surface area contributed by atoms with Crippen LogP contribution in [0.4, 0.5) is 0 Å². The van der Waals surface area contributed by atoms with E-state index in [2.05, 4.69) is 13.0 Å². The van der Waals surface area contributed by atoms with Gasteiger partial charge in [0.05, 0.1) is 11.6 Å². The summed E-state index contributed by atoms with van der Waals surface area (Å²) < 4.78 is 5.90. The minimum absolute atomic E-state index is 0.00245. The second-order valence-electron chi connectivity index (χ2n) is 7.42. The molecule has 0 spiro atoms. The van der Waals surface area contributed by atoms with Gasteiger partial charge in [0.2, 0.25) is 0 Å². The van der Waals surface area contributed by atoms with E-state index in [4.69, 9.17) is 4.74 Å². The first-order valence-corrected chi connectivity index (χ1v) is 8.72. The number of carbonyl (C=O) groups excluding carboxylic acids is 1. The normalized spacial score (nSPS) is 34.2. The first kappa shape index (κ1) is 16.1. The van der Waals surface area contributed by atoms with Gasteiger partial charge in [0, 0.05) is 11.8 Å². The van der Waals surface area contributed by atoms with Gasteiger partial charge >= 0.3 is 5.97 Å². The molecule has 0 heterocycles. The molecule has 122 valence electrons. The van der Waals surface area contributed by atoms with Gasteiger partial charge in [-0.05, 0) is 62.5 Å². The van der Waals surface area contributed by atoms with Gasteiger partial charge in [-0.25, -0.2) is 4.79 Å². The Morgan fingerprint density at radius 2 is 2.04 bits per heavy atom. The molecular weight excluding hydrogens is 286 g/mol. The summed E-state index contributed by atoms with van der Waals surface area (Å²) in [5, 5.41) is 9.32. The molecule has 5 atom stereocenters. The molecular formula is C20H25NO2.